The molecule has 3 rings (SSSR count). The smallest absolute Gasteiger partial charge is 0.242 e. The first-order valence-electron chi connectivity index (χ1n) is 7.26. The van der Waals surface area contributed by atoms with Gasteiger partial charge >= 0.3 is 0 Å². The van der Waals surface area contributed by atoms with Crippen molar-refractivity contribution in [2.75, 3.05) is 10.8 Å². The molecule has 1 unspecified atom stereocenters. The second-order valence-electron chi connectivity index (χ2n) is 6.10. The fourth-order valence-corrected chi connectivity index (χ4v) is 4.57. The van der Waals surface area contributed by atoms with Crippen LogP contribution in [-0.2, 0) is 4.79 Å². The fraction of sp³-hybridized carbons (Fsp3) is 0.562. The number of rotatable bonds is 1. The molecule has 1 fully saturated rings. The van der Waals surface area contributed by atoms with Gasteiger partial charge in [0.25, 0.3) is 0 Å². The van der Waals surface area contributed by atoms with Crippen LogP contribution in [0.15, 0.2) is 22.7 Å². The van der Waals surface area contributed by atoms with Gasteiger partial charge in [-0.1, -0.05) is 35.7 Å². The van der Waals surface area contributed by atoms with Gasteiger partial charge in [0.2, 0.25) is 5.91 Å². The predicted molar refractivity (Wildman–Crippen MR) is 86.6 cm³/mol. The minimum absolute atomic E-state index is 0.00617. The van der Waals surface area contributed by atoms with E-state index >= 15 is 0 Å². The number of carbonyl (C=O) groups excluding carboxylic acids is 1. The van der Waals surface area contributed by atoms with Crippen LogP contribution >= 0.6 is 27.5 Å². The van der Waals surface area contributed by atoms with E-state index in [1.54, 1.807) is 0 Å². The van der Waals surface area contributed by atoms with E-state index < -0.39 is 0 Å². The van der Waals surface area contributed by atoms with Crippen LogP contribution in [0.4, 0.5) is 5.69 Å². The quantitative estimate of drug-likeness (QED) is 0.659. The molecule has 1 heterocycles. The lowest BCUT2D eigenvalue weighted by molar-refractivity contribution is -0.117. The predicted octanol–water partition coefficient (Wildman–Crippen LogP) is 4.84. The lowest BCUT2D eigenvalue weighted by Crippen LogP contribution is -2.54. The molecule has 2 aliphatic rings. The number of benzene rings is 1. The van der Waals surface area contributed by atoms with Crippen LogP contribution in [0, 0.1) is 0 Å². The van der Waals surface area contributed by atoms with Gasteiger partial charge in [-0.2, -0.15) is 0 Å². The van der Waals surface area contributed by atoms with Crippen molar-refractivity contribution in [1.29, 1.82) is 0 Å². The number of halogens is 2. The van der Waals surface area contributed by atoms with Crippen LogP contribution in [0.25, 0.3) is 0 Å². The number of nitrogens with zero attached hydrogens (tertiary/aromatic N) is 1. The molecule has 1 saturated carbocycles. The topological polar surface area (TPSA) is 20.3 Å². The first-order chi connectivity index (χ1) is 9.57. The molecule has 0 radical (unpaired) electrons. The summed E-state index contributed by atoms with van der Waals surface area (Å²) in [6.07, 6.45) is 5.69. The Bertz CT molecular complexity index is 539. The van der Waals surface area contributed by atoms with Crippen molar-refractivity contribution >= 4 is 39.1 Å². The fourth-order valence-electron chi connectivity index (χ4n) is 4.07. The van der Waals surface area contributed by atoms with E-state index in [1.807, 2.05) is 11.0 Å². The number of alkyl halides is 1. The molecule has 2 nitrogen and oxygen atoms in total. The van der Waals surface area contributed by atoms with Gasteiger partial charge in [0.15, 0.2) is 0 Å². The summed E-state index contributed by atoms with van der Waals surface area (Å²) in [4.78, 5) is 14.5. The molecule has 1 aromatic carbocycles. The van der Waals surface area contributed by atoms with Crippen LogP contribution < -0.4 is 4.90 Å². The Labute approximate surface area is 133 Å². The molecule has 1 amide bonds. The first-order valence-corrected chi connectivity index (χ1v) is 8.59. The number of carbonyl (C=O) groups is 1. The van der Waals surface area contributed by atoms with E-state index in [9.17, 15) is 4.79 Å². The highest BCUT2D eigenvalue weighted by atomic mass is 79.9. The highest BCUT2D eigenvalue weighted by Gasteiger charge is 2.47. The second-order valence-corrected chi connectivity index (χ2v) is 7.29. The van der Waals surface area contributed by atoms with Gasteiger partial charge in [-0.15, -0.1) is 11.6 Å². The molecule has 1 aliphatic heterocycles. The van der Waals surface area contributed by atoms with Crippen molar-refractivity contribution in [2.45, 2.75) is 50.5 Å². The van der Waals surface area contributed by atoms with Crippen LogP contribution in [-0.4, -0.2) is 17.3 Å². The molecule has 1 aliphatic carbocycles. The van der Waals surface area contributed by atoms with E-state index in [-0.39, 0.29) is 17.3 Å². The van der Waals surface area contributed by atoms with Crippen molar-refractivity contribution in [1.82, 2.24) is 0 Å². The van der Waals surface area contributed by atoms with Crippen LogP contribution in [0.2, 0.25) is 0 Å². The Kier molecular flexibility index (Phi) is 3.85. The average Bonchev–Trinajstić information content (AvgIpc) is 2.88. The molecular weight excluding hydrogens is 338 g/mol. The summed E-state index contributed by atoms with van der Waals surface area (Å²) in [6, 6.07) is 6.24. The molecule has 4 heteroatoms. The summed E-state index contributed by atoms with van der Waals surface area (Å²) in [5.41, 5.74) is 2.33. The minimum Gasteiger partial charge on any atom is -0.305 e. The Morgan fingerprint density at radius 1 is 1.45 bits per heavy atom. The van der Waals surface area contributed by atoms with Gasteiger partial charge in [0.05, 0.1) is 0 Å². The lowest BCUT2D eigenvalue weighted by Gasteiger charge is -2.48. The Morgan fingerprint density at radius 2 is 2.15 bits per heavy atom. The van der Waals surface area contributed by atoms with Gasteiger partial charge in [0, 0.05) is 15.7 Å². The Balaban J connectivity index is 2.14. The van der Waals surface area contributed by atoms with E-state index in [0.29, 0.717) is 5.92 Å². The van der Waals surface area contributed by atoms with Crippen molar-refractivity contribution in [3.05, 3.63) is 28.2 Å². The van der Waals surface area contributed by atoms with Crippen LogP contribution in [0.3, 0.4) is 0 Å². The molecule has 1 aromatic rings. The maximum absolute atomic E-state index is 12.5. The van der Waals surface area contributed by atoms with Crippen molar-refractivity contribution in [2.24, 2.45) is 0 Å². The summed E-state index contributed by atoms with van der Waals surface area (Å²) < 4.78 is 1.07. The molecule has 1 spiro atoms. The highest BCUT2D eigenvalue weighted by Crippen LogP contribution is 2.51. The number of anilines is 1. The summed E-state index contributed by atoms with van der Waals surface area (Å²) in [6.45, 7) is 2.27. The minimum atomic E-state index is 0.00617. The number of amides is 1. The zero-order valence-corrected chi connectivity index (χ0v) is 14.0. The van der Waals surface area contributed by atoms with Crippen LogP contribution in [0.5, 0.6) is 0 Å². The third-order valence-electron chi connectivity index (χ3n) is 4.82. The maximum atomic E-state index is 12.5. The normalized spacial score (nSPS) is 23.9. The Hall–Kier alpha value is -0.540. The van der Waals surface area contributed by atoms with Crippen molar-refractivity contribution < 1.29 is 4.79 Å². The third-order valence-corrected chi connectivity index (χ3v) is 5.54. The van der Waals surface area contributed by atoms with Gasteiger partial charge in [-0.3, -0.25) is 4.79 Å². The maximum Gasteiger partial charge on any atom is 0.242 e. The second kappa shape index (κ2) is 5.34. The van der Waals surface area contributed by atoms with E-state index in [1.165, 1.54) is 18.4 Å². The summed E-state index contributed by atoms with van der Waals surface area (Å²) >= 11 is 9.42. The van der Waals surface area contributed by atoms with Crippen molar-refractivity contribution in [3.8, 4) is 0 Å². The third kappa shape index (κ3) is 2.19. The number of fused-ring (bicyclic) bond motifs is 1. The zero-order valence-electron chi connectivity index (χ0n) is 11.7. The standard InChI is InChI=1S/C16H19BrClNO/c1-11-9-16(6-2-3-7-16)19(15(20)10-18)14-5-4-12(17)8-13(11)14/h4-5,8,11H,2-3,6-7,9-10H2,1H3. The summed E-state index contributed by atoms with van der Waals surface area (Å²) in [7, 11) is 0. The average molecular weight is 357 g/mol. The molecule has 0 aromatic heterocycles. The summed E-state index contributed by atoms with van der Waals surface area (Å²) in [5, 5.41) is 0. The largest absolute Gasteiger partial charge is 0.305 e. The van der Waals surface area contributed by atoms with Crippen molar-refractivity contribution in [3.63, 3.8) is 0 Å². The van der Waals surface area contributed by atoms with Gasteiger partial charge in [-0.05, 0) is 48.9 Å². The van der Waals surface area contributed by atoms with E-state index in [0.717, 1.165) is 29.4 Å². The zero-order chi connectivity index (χ0) is 14.3. The SMILES string of the molecule is CC1CC2(CCCC2)N(C(=O)CCl)c2ccc(Br)cc21. The van der Waals surface area contributed by atoms with Gasteiger partial charge in [-0.25, -0.2) is 0 Å². The molecule has 1 atom stereocenters. The Morgan fingerprint density at radius 3 is 2.80 bits per heavy atom. The first kappa shape index (κ1) is 14.4. The molecule has 0 saturated heterocycles. The monoisotopic (exact) mass is 355 g/mol. The van der Waals surface area contributed by atoms with Crippen LogP contribution in [0.1, 0.15) is 50.5 Å². The lowest BCUT2D eigenvalue weighted by atomic mass is 9.77. The molecular formula is C16H19BrClNO. The van der Waals surface area contributed by atoms with Gasteiger partial charge in [0.1, 0.15) is 5.88 Å². The highest BCUT2D eigenvalue weighted by molar-refractivity contribution is 9.10. The number of hydrogen-bond acceptors (Lipinski definition) is 1. The van der Waals surface area contributed by atoms with Gasteiger partial charge < -0.3 is 4.90 Å². The van der Waals surface area contributed by atoms with E-state index in [4.69, 9.17) is 11.6 Å². The summed E-state index contributed by atoms with van der Waals surface area (Å²) in [5.74, 6) is 0.593. The molecule has 0 bridgehead atoms. The molecule has 0 N–H and O–H groups in total. The number of hydrogen-bond donors (Lipinski definition) is 0. The molecule has 108 valence electrons. The van der Waals surface area contributed by atoms with E-state index in [2.05, 4.69) is 35.0 Å². The molecule has 20 heavy (non-hydrogen) atoms.